The molecule has 0 aromatic rings. The van der Waals surface area contributed by atoms with Crippen LogP contribution in [0.4, 0.5) is 0 Å². The summed E-state index contributed by atoms with van der Waals surface area (Å²) in [5.41, 5.74) is 0. The van der Waals surface area contributed by atoms with Gasteiger partial charge in [-0.15, -0.1) is 0 Å². The molecule has 2 rings (SSSR count). The van der Waals surface area contributed by atoms with Gasteiger partial charge in [0.25, 0.3) is 0 Å². The first kappa shape index (κ1) is 11.3. The largest absolute Gasteiger partial charge is 0.374 e. The molecule has 88 valence electrons. The first-order valence-electron chi connectivity index (χ1n) is 5.98. The number of rotatable bonds is 3. The molecule has 2 atom stereocenters. The van der Waals surface area contributed by atoms with Crippen molar-refractivity contribution in [1.82, 2.24) is 15.1 Å². The summed E-state index contributed by atoms with van der Waals surface area (Å²) in [4.78, 5) is 5.03. The van der Waals surface area contributed by atoms with Crippen molar-refractivity contribution < 1.29 is 4.74 Å². The third kappa shape index (κ3) is 2.91. The van der Waals surface area contributed by atoms with Crippen LogP contribution in [0.15, 0.2) is 0 Å². The van der Waals surface area contributed by atoms with Gasteiger partial charge in [-0.05, 0) is 27.1 Å². The summed E-state index contributed by atoms with van der Waals surface area (Å²) < 4.78 is 5.72. The van der Waals surface area contributed by atoms with E-state index in [9.17, 15) is 0 Å². The van der Waals surface area contributed by atoms with Gasteiger partial charge in [-0.25, -0.2) is 0 Å². The van der Waals surface area contributed by atoms with Crippen molar-refractivity contribution in [2.75, 3.05) is 53.4 Å². The minimum Gasteiger partial charge on any atom is -0.374 e. The summed E-state index contributed by atoms with van der Waals surface area (Å²) in [5, 5.41) is 3.20. The quantitative estimate of drug-likeness (QED) is 0.691. The molecule has 1 N–H and O–H groups in total. The fourth-order valence-electron chi connectivity index (χ4n) is 2.63. The summed E-state index contributed by atoms with van der Waals surface area (Å²) in [6, 6.07) is 0.762. The van der Waals surface area contributed by atoms with Gasteiger partial charge in [0.2, 0.25) is 0 Å². The second-order valence-electron chi connectivity index (χ2n) is 4.75. The number of likely N-dealkylation sites (tertiary alicyclic amines) is 1. The summed E-state index contributed by atoms with van der Waals surface area (Å²) in [5.74, 6) is 0. The van der Waals surface area contributed by atoms with Crippen molar-refractivity contribution in [3.05, 3.63) is 0 Å². The summed E-state index contributed by atoms with van der Waals surface area (Å²) in [6.07, 6.45) is 1.71. The second kappa shape index (κ2) is 5.25. The van der Waals surface area contributed by atoms with Crippen molar-refractivity contribution in [3.8, 4) is 0 Å². The topological polar surface area (TPSA) is 27.7 Å². The van der Waals surface area contributed by atoms with Gasteiger partial charge in [-0.2, -0.15) is 0 Å². The molecular formula is C11H23N3O. The Labute approximate surface area is 92.6 Å². The molecule has 2 saturated heterocycles. The number of ether oxygens (including phenoxy) is 1. The van der Waals surface area contributed by atoms with Crippen LogP contribution in [0.1, 0.15) is 6.42 Å². The van der Waals surface area contributed by atoms with Crippen LogP contribution in [0, 0.1) is 0 Å². The monoisotopic (exact) mass is 213 g/mol. The summed E-state index contributed by atoms with van der Waals surface area (Å²) in [6.45, 7) is 6.55. The Balaban J connectivity index is 1.81. The Bertz CT molecular complexity index is 198. The van der Waals surface area contributed by atoms with Gasteiger partial charge in [-0.1, -0.05) is 0 Å². The third-order valence-electron chi connectivity index (χ3n) is 3.48. The van der Waals surface area contributed by atoms with E-state index in [1.54, 1.807) is 0 Å². The summed E-state index contributed by atoms with van der Waals surface area (Å²) in [7, 11) is 4.21. The predicted molar refractivity (Wildman–Crippen MR) is 61.1 cm³/mol. The van der Waals surface area contributed by atoms with E-state index < -0.39 is 0 Å². The first-order chi connectivity index (χ1) is 7.29. The van der Waals surface area contributed by atoms with Crippen molar-refractivity contribution in [2.24, 2.45) is 0 Å². The highest BCUT2D eigenvalue weighted by Gasteiger charge is 2.29. The minimum absolute atomic E-state index is 0.384. The number of nitrogens with one attached hydrogen (secondary N) is 1. The fraction of sp³-hybridized carbons (Fsp3) is 1.00. The van der Waals surface area contributed by atoms with Crippen molar-refractivity contribution in [1.29, 1.82) is 0 Å². The zero-order valence-corrected chi connectivity index (χ0v) is 9.91. The smallest absolute Gasteiger partial charge is 0.0826 e. The molecule has 0 aromatic heterocycles. The maximum Gasteiger partial charge on any atom is 0.0826 e. The highest BCUT2D eigenvalue weighted by Crippen LogP contribution is 2.17. The van der Waals surface area contributed by atoms with Gasteiger partial charge in [0, 0.05) is 32.2 Å². The average Bonchev–Trinajstić information content (AvgIpc) is 2.66. The maximum absolute atomic E-state index is 5.72. The van der Waals surface area contributed by atoms with E-state index in [4.69, 9.17) is 4.74 Å². The van der Waals surface area contributed by atoms with Crippen molar-refractivity contribution in [3.63, 3.8) is 0 Å². The Morgan fingerprint density at radius 2 is 2.20 bits per heavy atom. The molecule has 0 aliphatic carbocycles. The fourth-order valence-corrected chi connectivity index (χ4v) is 2.63. The zero-order valence-electron chi connectivity index (χ0n) is 9.91. The SMILES string of the molecule is CNCC1CN(C2CCN(C)C2)CCO1. The van der Waals surface area contributed by atoms with Crippen LogP contribution in [-0.4, -0.2) is 75.4 Å². The lowest BCUT2D eigenvalue weighted by Crippen LogP contribution is -2.50. The molecule has 2 aliphatic heterocycles. The van der Waals surface area contributed by atoms with Crippen LogP contribution in [0.2, 0.25) is 0 Å². The first-order valence-corrected chi connectivity index (χ1v) is 5.98. The normalized spacial score (nSPS) is 34.8. The summed E-state index contributed by atoms with van der Waals surface area (Å²) >= 11 is 0. The molecule has 2 aliphatic rings. The molecule has 2 fully saturated rings. The lowest BCUT2D eigenvalue weighted by Gasteiger charge is -2.36. The molecule has 2 unspecified atom stereocenters. The highest BCUT2D eigenvalue weighted by molar-refractivity contribution is 4.85. The molecule has 2 heterocycles. The highest BCUT2D eigenvalue weighted by atomic mass is 16.5. The van der Waals surface area contributed by atoms with Gasteiger partial charge in [-0.3, -0.25) is 4.90 Å². The second-order valence-corrected chi connectivity index (χ2v) is 4.75. The van der Waals surface area contributed by atoms with Crippen molar-refractivity contribution in [2.45, 2.75) is 18.6 Å². The molecule has 0 saturated carbocycles. The van der Waals surface area contributed by atoms with Crippen molar-refractivity contribution >= 4 is 0 Å². The number of hydrogen-bond acceptors (Lipinski definition) is 4. The van der Waals surface area contributed by atoms with Gasteiger partial charge in [0.15, 0.2) is 0 Å². The van der Waals surface area contributed by atoms with Crippen LogP contribution in [0.5, 0.6) is 0 Å². The number of nitrogens with zero attached hydrogens (tertiary/aromatic N) is 2. The van der Waals surface area contributed by atoms with E-state index >= 15 is 0 Å². The molecule has 15 heavy (non-hydrogen) atoms. The van der Waals surface area contributed by atoms with Gasteiger partial charge >= 0.3 is 0 Å². The molecule has 0 spiro atoms. The standard InChI is InChI=1S/C11H23N3O/c1-12-7-11-9-14(5-6-15-11)10-3-4-13(2)8-10/h10-12H,3-9H2,1-2H3. The number of morpholine rings is 1. The van der Waals surface area contributed by atoms with E-state index in [-0.39, 0.29) is 0 Å². The molecule has 0 amide bonds. The van der Waals surface area contributed by atoms with E-state index in [1.807, 2.05) is 7.05 Å². The van der Waals surface area contributed by atoms with E-state index in [0.717, 1.165) is 32.3 Å². The zero-order chi connectivity index (χ0) is 10.7. The predicted octanol–water partition coefficient (Wildman–Crippen LogP) is -0.389. The Kier molecular flexibility index (Phi) is 3.97. The lowest BCUT2D eigenvalue weighted by atomic mass is 10.1. The average molecular weight is 213 g/mol. The van der Waals surface area contributed by atoms with Gasteiger partial charge in [0.05, 0.1) is 12.7 Å². The van der Waals surface area contributed by atoms with E-state index in [1.165, 1.54) is 19.5 Å². The molecule has 4 heteroatoms. The lowest BCUT2D eigenvalue weighted by molar-refractivity contribution is -0.0394. The van der Waals surface area contributed by atoms with Gasteiger partial charge < -0.3 is 15.0 Å². The minimum atomic E-state index is 0.384. The molecule has 4 nitrogen and oxygen atoms in total. The van der Waals surface area contributed by atoms with Crippen LogP contribution in [0.3, 0.4) is 0 Å². The molecule has 0 bridgehead atoms. The number of likely N-dealkylation sites (N-methyl/N-ethyl adjacent to an activating group) is 2. The van der Waals surface area contributed by atoms with Gasteiger partial charge in [0.1, 0.15) is 0 Å². The number of hydrogen-bond donors (Lipinski definition) is 1. The third-order valence-corrected chi connectivity index (χ3v) is 3.48. The van der Waals surface area contributed by atoms with Crippen LogP contribution in [-0.2, 0) is 4.74 Å². The Morgan fingerprint density at radius 3 is 2.87 bits per heavy atom. The van der Waals surface area contributed by atoms with Crippen LogP contribution < -0.4 is 5.32 Å². The van der Waals surface area contributed by atoms with E-state index in [0.29, 0.717) is 6.10 Å². The van der Waals surface area contributed by atoms with Crippen LogP contribution in [0.25, 0.3) is 0 Å². The van der Waals surface area contributed by atoms with Crippen LogP contribution >= 0.6 is 0 Å². The molecule has 0 aromatic carbocycles. The molecular weight excluding hydrogens is 190 g/mol. The molecule has 0 radical (unpaired) electrons. The van der Waals surface area contributed by atoms with E-state index in [2.05, 4.69) is 22.2 Å². The maximum atomic E-state index is 5.72. The Morgan fingerprint density at radius 1 is 1.33 bits per heavy atom. The Hall–Kier alpha value is -0.160.